The second kappa shape index (κ2) is 5.75. The van der Waals surface area contributed by atoms with Crippen molar-refractivity contribution < 1.29 is 4.79 Å². The summed E-state index contributed by atoms with van der Waals surface area (Å²) in [5.41, 5.74) is 13.7. The number of halogens is 1. The molecule has 0 aliphatic carbocycles. The highest BCUT2D eigenvalue weighted by Gasteiger charge is 2.09. The molecule has 0 saturated carbocycles. The van der Waals surface area contributed by atoms with E-state index in [1.165, 1.54) is 0 Å². The lowest BCUT2D eigenvalue weighted by Crippen LogP contribution is -2.23. The van der Waals surface area contributed by atoms with E-state index < -0.39 is 0 Å². The molecule has 5 heteroatoms. The molecular formula is C14H14BrN3O. The van der Waals surface area contributed by atoms with Crippen molar-refractivity contribution in [3.05, 3.63) is 58.1 Å². The Kier molecular flexibility index (Phi) is 4.06. The van der Waals surface area contributed by atoms with E-state index in [9.17, 15) is 4.79 Å². The van der Waals surface area contributed by atoms with Gasteiger partial charge in [0.1, 0.15) is 0 Å². The number of amides is 1. The molecule has 0 bridgehead atoms. The zero-order valence-electron chi connectivity index (χ0n) is 10.2. The van der Waals surface area contributed by atoms with E-state index in [-0.39, 0.29) is 5.91 Å². The SMILES string of the molecule is Nc1ccc(C(=O)NCc2cccc(Br)c2)c(N)c1. The first-order chi connectivity index (χ1) is 9.06. The summed E-state index contributed by atoms with van der Waals surface area (Å²) in [5.74, 6) is -0.211. The fourth-order valence-corrected chi connectivity index (χ4v) is 2.16. The summed E-state index contributed by atoms with van der Waals surface area (Å²) >= 11 is 3.39. The Balaban J connectivity index is 2.05. The van der Waals surface area contributed by atoms with Crippen LogP contribution in [-0.4, -0.2) is 5.91 Å². The average Bonchev–Trinajstić information content (AvgIpc) is 2.36. The maximum absolute atomic E-state index is 12.0. The highest BCUT2D eigenvalue weighted by molar-refractivity contribution is 9.10. The van der Waals surface area contributed by atoms with Crippen molar-refractivity contribution >= 4 is 33.2 Å². The van der Waals surface area contributed by atoms with Gasteiger partial charge in [-0.05, 0) is 35.9 Å². The van der Waals surface area contributed by atoms with E-state index in [4.69, 9.17) is 11.5 Å². The van der Waals surface area contributed by atoms with Crippen molar-refractivity contribution in [1.82, 2.24) is 5.32 Å². The van der Waals surface area contributed by atoms with Crippen molar-refractivity contribution in [2.45, 2.75) is 6.54 Å². The van der Waals surface area contributed by atoms with E-state index in [0.29, 0.717) is 23.5 Å². The number of carbonyl (C=O) groups excluding carboxylic acids is 1. The fraction of sp³-hybridized carbons (Fsp3) is 0.0714. The first kappa shape index (κ1) is 13.4. The number of nitrogens with two attached hydrogens (primary N) is 2. The highest BCUT2D eigenvalue weighted by atomic mass is 79.9. The normalized spacial score (nSPS) is 10.2. The number of hydrogen-bond donors (Lipinski definition) is 3. The van der Waals surface area contributed by atoms with Gasteiger partial charge in [-0.1, -0.05) is 28.1 Å². The molecule has 0 atom stereocenters. The number of nitrogen functional groups attached to an aromatic ring is 2. The molecule has 0 spiro atoms. The summed E-state index contributed by atoms with van der Waals surface area (Å²) in [5, 5.41) is 2.82. The van der Waals surface area contributed by atoms with E-state index >= 15 is 0 Å². The highest BCUT2D eigenvalue weighted by Crippen LogP contribution is 2.16. The van der Waals surface area contributed by atoms with Gasteiger partial charge in [-0.3, -0.25) is 4.79 Å². The van der Waals surface area contributed by atoms with Gasteiger partial charge in [0.15, 0.2) is 0 Å². The molecule has 0 aliphatic rings. The Morgan fingerprint density at radius 1 is 1.16 bits per heavy atom. The lowest BCUT2D eigenvalue weighted by Gasteiger charge is -2.08. The van der Waals surface area contributed by atoms with Gasteiger partial charge < -0.3 is 16.8 Å². The van der Waals surface area contributed by atoms with Crippen LogP contribution in [0.15, 0.2) is 46.9 Å². The Morgan fingerprint density at radius 2 is 1.95 bits per heavy atom. The molecule has 0 aliphatic heterocycles. The first-order valence-electron chi connectivity index (χ1n) is 5.74. The largest absolute Gasteiger partial charge is 0.399 e. The second-order valence-electron chi connectivity index (χ2n) is 4.16. The number of carbonyl (C=O) groups is 1. The molecule has 2 rings (SSSR count). The number of rotatable bonds is 3. The van der Waals surface area contributed by atoms with Gasteiger partial charge in [-0.25, -0.2) is 0 Å². The number of anilines is 2. The van der Waals surface area contributed by atoms with Gasteiger partial charge in [-0.2, -0.15) is 0 Å². The van der Waals surface area contributed by atoms with Crippen LogP contribution in [0.25, 0.3) is 0 Å². The van der Waals surface area contributed by atoms with Crippen molar-refractivity contribution in [3.63, 3.8) is 0 Å². The van der Waals surface area contributed by atoms with Crippen LogP contribution in [0.1, 0.15) is 15.9 Å². The smallest absolute Gasteiger partial charge is 0.253 e. The maximum atomic E-state index is 12.0. The minimum Gasteiger partial charge on any atom is -0.399 e. The molecule has 1 amide bonds. The number of nitrogens with one attached hydrogen (secondary N) is 1. The fourth-order valence-electron chi connectivity index (χ4n) is 1.71. The number of benzene rings is 2. The quantitative estimate of drug-likeness (QED) is 0.760. The number of hydrogen-bond acceptors (Lipinski definition) is 3. The standard InChI is InChI=1S/C14H14BrN3O/c15-10-3-1-2-9(6-10)8-18-14(19)12-5-4-11(16)7-13(12)17/h1-7H,8,16-17H2,(H,18,19). The molecule has 2 aromatic carbocycles. The molecule has 0 unspecified atom stereocenters. The molecule has 19 heavy (non-hydrogen) atoms. The third kappa shape index (κ3) is 3.48. The van der Waals surface area contributed by atoms with Crippen LogP contribution in [0, 0.1) is 0 Å². The Bertz CT molecular complexity index is 613. The van der Waals surface area contributed by atoms with Gasteiger partial charge >= 0.3 is 0 Å². The summed E-state index contributed by atoms with van der Waals surface area (Å²) in [4.78, 5) is 12.0. The molecule has 0 aromatic heterocycles. The predicted molar refractivity (Wildman–Crippen MR) is 80.6 cm³/mol. The van der Waals surface area contributed by atoms with Gasteiger partial charge in [-0.15, -0.1) is 0 Å². The van der Waals surface area contributed by atoms with Gasteiger partial charge in [0.05, 0.1) is 5.56 Å². The molecular weight excluding hydrogens is 306 g/mol. The first-order valence-corrected chi connectivity index (χ1v) is 6.53. The summed E-state index contributed by atoms with van der Waals surface area (Å²) in [7, 11) is 0. The lowest BCUT2D eigenvalue weighted by molar-refractivity contribution is 0.0952. The third-order valence-electron chi connectivity index (χ3n) is 2.66. The predicted octanol–water partition coefficient (Wildman–Crippen LogP) is 2.54. The topological polar surface area (TPSA) is 81.1 Å². The summed E-state index contributed by atoms with van der Waals surface area (Å²) in [6, 6.07) is 12.6. The molecule has 0 saturated heterocycles. The van der Waals surface area contributed by atoms with Crippen LogP contribution in [0.5, 0.6) is 0 Å². The molecule has 4 nitrogen and oxygen atoms in total. The maximum Gasteiger partial charge on any atom is 0.253 e. The van der Waals surface area contributed by atoms with E-state index in [0.717, 1.165) is 10.0 Å². The molecule has 2 aromatic rings. The molecule has 5 N–H and O–H groups in total. The lowest BCUT2D eigenvalue weighted by atomic mass is 10.1. The van der Waals surface area contributed by atoms with Crippen LogP contribution in [0.2, 0.25) is 0 Å². The van der Waals surface area contributed by atoms with E-state index in [1.54, 1.807) is 18.2 Å². The zero-order valence-corrected chi connectivity index (χ0v) is 11.8. The van der Waals surface area contributed by atoms with Crippen molar-refractivity contribution in [3.8, 4) is 0 Å². The average molecular weight is 320 g/mol. The van der Waals surface area contributed by atoms with Crippen molar-refractivity contribution in [1.29, 1.82) is 0 Å². The summed E-state index contributed by atoms with van der Waals surface area (Å²) in [6.07, 6.45) is 0. The molecule has 0 radical (unpaired) electrons. The Hall–Kier alpha value is -2.01. The van der Waals surface area contributed by atoms with Crippen LogP contribution in [0.4, 0.5) is 11.4 Å². The summed E-state index contributed by atoms with van der Waals surface area (Å²) in [6.45, 7) is 0.447. The minimum atomic E-state index is -0.211. The molecule has 0 fully saturated rings. The van der Waals surface area contributed by atoms with Gasteiger partial charge in [0.25, 0.3) is 5.91 Å². The van der Waals surface area contributed by atoms with Crippen LogP contribution < -0.4 is 16.8 Å². The van der Waals surface area contributed by atoms with Gasteiger partial charge in [0.2, 0.25) is 0 Å². The van der Waals surface area contributed by atoms with Crippen LogP contribution in [0.3, 0.4) is 0 Å². The van der Waals surface area contributed by atoms with Crippen molar-refractivity contribution in [2.24, 2.45) is 0 Å². The minimum absolute atomic E-state index is 0.211. The van der Waals surface area contributed by atoms with E-state index in [1.807, 2.05) is 24.3 Å². The van der Waals surface area contributed by atoms with Crippen molar-refractivity contribution in [2.75, 3.05) is 11.5 Å². The second-order valence-corrected chi connectivity index (χ2v) is 5.07. The Labute approximate surface area is 119 Å². The van der Waals surface area contributed by atoms with Crippen LogP contribution in [-0.2, 0) is 6.54 Å². The monoisotopic (exact) mass is 319 g/mol. The molecule has 0 heterocycles. The Morgan fingerprint density at radius 3 is 2.63 bits per heavy atom. The third-order valence-corrected chi connectivity index (χ3v) is 3.16. The van der Waals surface area contributed by atoms with E-state index in [2.05, 4.69) is 21.2 Å². The van der Waals surface area contributed by atoms with Gasteiger partial charge in [0, 0.05) is 22.4 Å². The zero-order chi connectivity index (χ0) is 13.8. The molecule has 98 valence electrons. The van der Waals surface area contributed by atoms with Crippen LogP contribution >= 0.6 is 15.9 Å². The summed E-state index contributed by atoms with van der Waals surface area (Å²) < 4.78 is 0.978.